The van der Waals surface area contributed by atoms with Crippen LogP contribution in [0.15, 0.2) is 48.1 Å². The molecule has 1 amide bonds. The third-order valence-electron chi connectivity index (χ3n) is 6.78. The molecule has 4 heterocycles. The number of piperidine rings is 1. The average molecular weight is 566 g/mol. The number of aromatic nitrogens is 4. The van der Waals surface area contributed by atoms with Crippen molar-refractivity contribution < 1.29 is 23.5 Å². The van der Waals surface area contributed by atoms with Crippen LogP contribution in [0.5, 0.6) is 0 Å². The first kappa shape index (κ1) is 28.0. The minimum atomic E-state index is -0.936. The summed E-state index contributed by atoms with van der Waals surface area (Å²) in [5.41, 5.74) is 7.95. The lowest BCUT2D eigenvalue weighted by Gasteiger charge is -2.27. The maximum absolute atomic E-state index is 15.1. The molecule has 2 aromatic heterocycles. The van der Waals surface area contributed by atoms with Gasteiger partial charge in [-0.3, -0.25) is 10.7 Å². The van der Waals surface area contributed by atoms with Crippen LogP contribution < -0.4 is 16.0 Å². The van der Waals surface area contributed by atoms with Gasteiger partial charge in [0.1, 0.15) is 25.3 Å². The molecule has 0 bridgehead atoms. The lowest BCUT2D eigenvalue weighted by molar-refractivity contribution is -0.0396. The van der Waals surface area contributed by atoms with Gasteiger partial charge in [-0.15, -0.1) is 0 Å². The molecule has 1 unspecified atom stereocenters. The third-order valence-corrected chi connectivity index (χ3v) is 6.78. The SMILES string of the molecule is N=C(N)NC(=O)OCc1cccc(-c2cnc(N3CCC(=NOCc4cnn(C5CCCCO5)c4)CC3)nc2)c1F. The smallest absolute Gasteiger partial charge is 0.414 e. The summed E-state index contributed by atoms with van der Waals surface area (Å²) in [6.45, 7) is 2.16. The molecule has 0 radical (unpaired) electrons. The fourth-order valence-corrected chi connectivity index (χ4v) is 4.62. The monoisotopic (exact) mass is 565 g/mol. The van der Waals surface area contributed by atoms with E-state index in [0.29, 0.717) is 44.0 Å². The highest BCUT2D eigenvalue weighted by molar-refractivity contribution is 5.90. The summed E-state index contributed by atoms with van der Waals surface area (Å²) in [6, 6.07) is 4.76. The van der Waals surface area contributed by atoms with Crippen molar-refractivity contribution in [1.82, 2.24) is 25.1 Å². The van der Waals surface area contributed by atoms with E-state index in [2.05, 4.69) is 20.2 Å². The van der Waals surface area contributed by atoms with Crippen molar-refractivity contribution in [3.05, 3.63) is 59.9 Å². The van der Waals surface area contributed by atoms with E-state index in [1.54, 1.807) is 30.7 Å². The number of nitrogens with two attached hydrogens (primary N) is 1. The van der Waals surface area contributed by atoms with Gasteiger partial charge >= 0.3 is 6.09 Å². The normalized spacial score (nSPS) is 17.1. The summed E-state index contributed by atoms with van der Waals surface area (Å²) in [7, 11) is 0. The molecule has 13 nitrogen and oxygen atoms in total. The largest absolute Gasteiger partial charge is 0.444 e. The summed E-state index contributed by atoms with van der Waals surface area (Å²) in [5.74, 6) is -0.559. The van der Waals surface area contributed by atoms with Gasteiger partial charge in [0.25, 0.3) is 0 Å². The molecule has 0 aliphatic carbocycles. The number of guanidine groups is 1. The number of anilines is 1. The maximum Gasteiger partial charge on any atom is 0.414 e. The quantitative estimate of drug-likeness (QED) is 0.211. The Balaban J connectivity index is 1.11. The summed E-state index contributed by atoms with van der Waals surface area (Å²) in [5, 5.41) is 17.7. The molecule has 2 aliphatic rings. The number of hydrogen-bond acceptors (Lipinski definition) is 10. The van der Waals surface area contributed by atoms with Crippen molar-refractivity contribution in [2.24, 2.45) is 10.9 Å². The fourth-order valence-electron chi connectivity index (χ4n) is 4.62. The van der Waals surface area contributed by atoms with Gasteiger partial charge in [-0.05, 0) is 19.3 Å². The van der Waals surface area contributed by atoms with Gasteiger partial charge in [-0.1, -0.05) is 23.4 Å². The fraction of sp³-hybridized carbons (Fsp3) is 0.407. The molecule has 5 rings (SSSR count). The second kappa shape index (κ2) is 13.2. The van der Waals surface area contributed by atoms with Gasteiger partial charge in [-0.25, -0.2) is 23.8 Å². The number of nitrogens with one attached hydrogen (secondary N) is 2. The van der Waals surface area contributed by atoms with Gasteiger partial charge in [0, 0.05) is 73.4 Å². The number of carbonyl (C=O) groups excluding carboxylic acids is 1. The highest BCUT2D eigenvalue weighted by Crippen LogP contribution is 2.26. The summed E-state index contributed by atoms with van der Waals surface area (Å²) < 4.78 is 27.6. The van der Waals surface area contributed by atoms with Crippen molar-refractivity contribution in [3.8, 4) is 11.1 Å². The zero-order chi connectivity index (χ0) is 28.6. The molecule has 2 fully saturated rings. The third kappa shape index (κ3) is 7.33. The second-order valence-corrected chi connectivity index (χ2v) is 9.73. The number of alkyl carbamates (subject to hydrolysis) is 1. The number of benzene rings is 1. The summed E-state index contributed by atoms with van der Waals surface area (Å²) >= 11 is 0. The van der Waals surface area contributed by atoms with E-state index < -0.39 is 17.9 Å². The van der Waals surface area contributed by atoms with Crippen molar-refractivity contribution in [2.45, 2.75) is 51.5 Å². The Kier molecular flexibility index (Phi) is 8.98. The van der Waals surface area contributed by atoms with Crippen LogP contribution in [0.1, 0.15) is 49.5 Å². The molecular weight excluding hydrogens is 533 g/mol. The van der Waals surface area contributed by atoms with Gasteiger partial charge in [0.15, 0.2) is 5.96 Å². The van der Waals surface area contributed by atoms with Crippen molar-refractivity contribution >= 4 is 23.7 Å². The molecule has 1 aromatic carbocycles. The highest BCUT2D eigenvalue weighted by Gasteiger charge is 2.20. The standard InChI is InChI=1S/C27H32FN9O4/c28-24-19(17-40-27(38)34-25(29)30)4-3-5-22(24)20-13-31-26(32-14-20)36-9-7-21(8-10-36)35-41-16-18-12-33-37(15-18)23-6-1-2-11-39-23/h3-5,12-15,23H,1-2,6-11,16-17H2,(H4,29,30,34,38). The first-order chi connectivity index (χ1) is 20.0. The summed E-state index contributed by atoms with van der Waals surface area (Å²) in [4.78, 5) is 28.1. The summed E-state index contributed by atoms with van der Waals surface area (Å²) in [6.07, 6.45) is 10.6. The molecule has 41 heavy (non-hydrogen) atoms. The zero-order valence-electron chi connectivity index (χ0n) is 22.5. The van der Waals surface area contributed by atoms with Crippen LogP contribution in [0.3, 0.4) is 0 Å². The minimum Gasteiger partial charge on any atom is -0.444 e. The molecular formula is C27H32FN9O4. The molecule has 216 valence electrons. The number of hydrogen-bond donors (Lipinski definition) is 3. The molecule has 3 aromatic rings. The van der Waals surface area contributed by atoms with Gasteiger partial charge < -0.3 is 24.9 Å². The van der Waals surface area contributed by atoms with E-state index in [0.717, 1.165) is 37.1 Å². The zero-order valence-corrected chi connectivity index (χ0v) is 22.5. The number of carbonyl (C=O) groups is 1. The number of ether oxygens (including phenoxy) is 2. The van der Waals surface area contributed by atoms with Crippen LogP contribution in [0, 0.1) is 11.2 Å². The number of amides is 1. The van der Waals surface area contributed by atoms with Crippen LogP contribution >= 0.6 is 0 Å². The minimum absolute atomic E-state index is 0.00212. The molecule has 0 saturated carbocycles. The Morgan fingerprint density at radius 3 is 2.73 bits per heavy atom. The Morgan fingerprint density at radius 1 is 1.20 bits per heavy atom. The van der Waals surface area contributed by atoms with E-state index in [1.807, 2.05) is 21.1 Å². The lowest BCUT2D eigenvalue weighted by atomic mass is 10.1. The Labute approximate surface area is 236 Å². The first-order valence-corrected chi connectivity index (χ1v) is 13.4. The van der Waals surface area contributed by atoms with Crippen LogP contribution in [-0.4, -0.2) is 57.2 Å². The van der Waals surface area contributed by atoms with E-state index in [4.69, 9.17) is 25.5 Å². The number of oxime groups is 1. The predicted molar refractivity (Wildman–Crippen MR) is 147 cm³/mol. The number of halogens is 1. The number of rotatable bonds is 8. The lowest BCUT2D eigenvalue weighted by Crippen LogP contribution is -2.36. The van der Waals surface area contributed by atoms with Crippen LogP contribution in [0.2, 0.25) is 0 Å². The highest BCUT2D eigenvalue weighted by atomic mass is 19.1. The topological polar surface area (TPSA) is 166 Å². The molecule has 0 spiro atoms. The number of nitrogens with zero attached hydrogens (tertiary/aromatic N) is 6. The van der Waals surface area contributed by atoms with Gasteiger partial charge in [0.2, 0.25) is 5.95 Å². The molecule has 2 aliphatic heterocycles. The van der Waals surface area contributed by atoms with Crippen molar-refractivity contribution in [3.63, 3.8) is 0 Å². The van der Waals surface area contributed by atoms with Crippen LogP contribution in [0.4, 0.5) is 15.1 Å². The molecule has 4 N–H and O–H groups in total. The van der Waals surface area contributed by atoms with E-state index >= 15 is 4.39 Å². The second-order valence-electron chi connectivity index (χ2n) is 9.73. The maximum atomic E-state index is 15.1. The van der Waals surface area contributed by atoms with Gasteiger partial charge in [0.05, 0.1) is 11.9 Å². The van der Waals surface area contributed by atoms with Crippen LogP contribution in [-0.2, 0) is 27.5 Å². The van der Waals surface area contributed by atoms with E-state index in [-0.39, 0.29) is 24.0 Å². The average Bonchev–Trinajstić information content (AvgIpc) is 3.46. The Hall–Kier alpha value is -4.59. The van der Waals surface area contributed by atoms with Crippen molar-refractivity contribution in [2.75, 3.05) is 24.6 Å². The van der Waals surface area contributed by atoms with Crippen molar-refractivity contribution in [1.29, 1.82) is 5.41 Å². The predicted octanol–water partition coefficient (Wildman–Crippen LogP) is 3.47. The Bertz CT molecular complexity index is 1380. The molecule has 1 atom stereocenters. The van der Waals surface area contributed by atoms with E-state index in [9.17, 15) is 4.79 Å². The van der Waals surface area contributed by atoms with Gasteiger partial charge in [-0.2, -0.15) is 5.10 Å². The van der Waals surface area contributed by atoms with Crippen LogP contribution in [0.25, 0.3) is 11.1 Å². The molecule has 2 saturated heterocycles. The van der Waals surface area contributed by atoms with E-state index in [1.165, 1.54) is 6.07 Å². The first-order valence-electron chi connectivity index (χ1n) is 13.4. The molecule has 14 heteroatoms. The Morgan fingerprint density at radius 2 is 2.00 bits per heavy atom.